The molecule has 0 fully saturated rings. The summed E-state index contributed by atoms with van der Waals surface area (Å²) in [4.78, 5) is 11.8. The summed E-state index contributed by atoms with van der Waals surface area (Å²) in [5.41, 5.74) is 0.252. The van der Waals surface area contributed by atoms with E-state index in [1.165, 1.54) is 18.2 Å². The summed E-state index contributed by atoms with van der Waals surface area (Å²) in [6, 6.07) is 9.07. The number of carbonyl (C=O) groups excluding carboxylic acids is 1. The Hall–Kier alpha value is -2.81. The van der Waals surface area contributed by atoms with Gasteiger partial charge in [-0.1, -0.05) is 6.07 Å². The molecule has 0 unspecified atom stereocenters. The molecular formula is C14H7F3N2O. The van der Waals surface area contributed by atoms with Crippen molar-refractivity contribution in [1.29, 1.82) is 5.26 Å². The zero-order valence-corrected chi connectivity index (χ0v) is 9.95. The van der Waals surface area contributed by atoms with Gasteiger partial charge in [0, 0.05) is 11.3 Å². The Kier molecular flexibility index (Phi) is 3.71. The van der Waals surface area contributed by atoms with E-state index in [1.807, 2.05) is 6.07 Å². The van der Waals surface area contributed by atoms with E-state index in [4.69, 9.17) is 5.26 Å². The molecule has 0 saturated heterocycles. The molecule has 100 valence electrons. The molecule has 6 heteroatoms. The third kappa shape index (κ3) is 2.78. The van der Waals surface area contributed by atoms with E-state index in [1.54, 1.807) is 6.07 Å². The van der Waals surface area contributed by atoms with Crippen molar-refractivity contribution in [3.63, 3.8) is 0 Å². The van der Waals surface area contributed by atoms with E-state index in [9.17, 15) is 18.0 Å². The molecule has 0 aromatic heterocycles. The molecule has 0 aliphatic rings. The van der Waals surface area contributed by atoms with Crippen LogP contribution >= 0.6 is 0 Å². The number of benzene rings is 2. The molecule has 0 saturated carbocycles. The SMILES string of the molecule is N#Cc1cccc(NC(=O)c2cc(F)c(F)c(F)c2)c1. The average Bonchev–Trinajstić information content (AvgIpc) is 2.44. The summed E-state index contributed by atoms with van der Waals surface area (Å²) < 4.78 is 38.8. The summed E-state index contributed by atoms with van der Waals surface area (Å²) in [6.07, 6.45) is 0. The van der Waals surface area contributed by atoms with Crippen molar-refractivity contribution >= 4 is 11.6 Å². The lowest BCUT2D eigenvalue weighted by Crippen LogP contribution is -2.13. The first-order valence-electron chi connectivity index (χ1n) is 5.47. The number of nitrogens with zero attached hydrogens (tertiary/aromatic N) is 1. The standard InChI is InChI=1S/C14H7F3N2O/c15-11-5-9(6-12(16)13(11)17)14(20)19-10-3-1-2-8(4-10)7-18/h1-6H,(H,19,20). The normalized spacial score (nSPS) is 9.90. The van der Waals surface area contributed by atoms with Crippen molar-refractivity contribution in [1.82, 2.24) is 0 Å². The minimum atomic E-state index is -1.63. The molecule has 0 radical (unpaired) electrons. The summed E-state index contributed by atoms with van der Waals surface area (Å²) in [5.74, 6) is -5.33. The first-order chi connectivity index (χ1) is 9.51. The lowest BCUT2D eigenvalue weighted by atomic mass is 10.1. The van der Waals surface area contributed by atoms with Crippen molar-refractivity contribution in [2.24, 2.45) is 0 Å². The van der Waals surface area contributed by atoms with Gasteiger partial charge >= 0.3 is 0 Å². The van der Waals surface area contributed by atoms with E-state index in [0.717, 1.165) is 0 Å². The molecule has 0 bridgehead atoms. The predicted molar refractivity (Wildman–Crippen MR) is 65.4 cm³/mol. The van der Waals surface area contributed by atoms with Gasteiger partial charge in [0.2, 0.25) is 0 Å². The number of hydrogen-bond donors (Lipinski definition) is 1. The van der Waals surface area contributed by atoms with Crippen LogP contribution in [0.2, 0.25) is 0 Å². The molecule has 0 heterocycles. The van der Waals surface area contributed by atoms with Gasteiger partial charge in [-0.05, 0) is 30.3 Å². The monoisotopic (exact) mass is 276 g/mol. The molecule has 3 nitrogen and oxygen atoms in total. The number of anilines is 1. The number of rotatable bonds is 2. The second-order valence-corrected chi connectivity index (χ2v) is 3.90. The summed E-state index contributed by atoms with van der Waals surface area (Å²) in [7, 11) is 0. The van der Waals surface area contributed by atoms with Gasteiger partial charge in [0.25, 0.3) is 5.91 Å². The fraction of sp³-hybridized carbons (Fsp3) is 0. The smallest absolute Gasteiger partial charge is 0.255 e. The lowest BCUT2D eigenvalue weighted by Gasteiger charge is -2.06. The van der Waals surface area contributed by atoms with Crippen LogP contribution in [-0.4, -0.2) is 5.91 Å². The van der Waals surface area contributed by atoms with Gasteiger partial charge in [-0.15, -0.1) is 0 Å². The summed E-state index contributed by atoms with van der Waals surface area (Å²) in [6.45, 7) is 0. The fourth-order valence-electron chi connectivity index (χ4n) is 1.56. The number of carbonyl (C=O) groups is 1. The Morgan fingerprint density at radius 3 is 2.35 bits per heavy atom. The highest BCUT2D eigenvalue weighted by Crippen LogP contribution is 2.16. The van der Waals surface area contributed by atoms with E-state index >= 15 is 0 Å². The Labute approximate surface area is 112 Å². The van der Waals surface area contributed by atoms with Crippen LogP contribution in [0.4, 0.5) is 18.9 Å². The van der Waals surface area contributed by atoms with E-state index < -0.39 is 23.4 Å². The Balaban J connectivity index is 2.26. The van der Waals surface area contributed by atoms with Crippen molar-refractivity contribution in [2.45, 2.75) is 0 Å². The van der Waals surface area contributed by atoms with Crippen molar-refractivity contribution in [2.75, 3.05) is 5.32 Å². The van der Waals surface area contributed by atoms with Gasteiger partial charge in [-0.2, -0.15) is 5.26 Å². The van der Waals surface area contributed by atoms with E-state index in [0.29, 0.717) is 23.4 Å². The molecule has 0 atom stereocenters. The molecule has 20 heavy (non-hydrogen) atoms. The van der Waals surface area contributed by atoms with Crippen LogP contribution in [0.3, 0.4) is 0 Å². The maximum absolute atomic E-state index is 13.0. The third-order valence-electron chi connectivity index (χ3n) is 2.50. The molecule has 2 rings (SSSR count). The minimum absolute atomic E-state index is 0.291. The molecule has 2 aromatic rings. The fourth-order valence-corrected chi connectivity index (χ4v) is 1.56. The zero-order valence-electron chi connectivity index (χ0n) is 9.95. The van der Waals surface area contributed by atoms with Crippen LogP contribution in [0, 0.1) is 28.8 Å². The quantitative estimate of drug-likeness (QED) is 0.856. The molecule has 0 aliphatic heterocycles. The second kappa shape index (κ2) is 5.45. The topological polar surface area (TPSA) is 52.9 Å². The minimum Gasteiger partial charge on any atom is -0.322 e. The number of halogens is 3. The lowest BCUT2D eigenvalue weighted by molar-refractivity contribution is 0.102. The van der Waals surface area contributed by atoms with Gasteiger partial charge < -0.3 is 5.32 Å². The van der Waals surface area contributed by atoms with Gasteiger partial charge in [-0.3, -0.25) is 4.79 Å². The van der Waals surface area contributed by atoms with Crippen LogP contribution in [-0.2, 0) is 0 Å². The summed E-state index contributed by atoms with van der Waals surface area (Å²) >= 11 is 0. The highest BCUT2D eigenvalue weighted by Gasteiger charge is 2.15. The first-order valence-corrected chi connectivity index (χ1v) is 5.47. The maximum atomic E-state index is 13.0. The van der Waals surface area contributed by atoms with E-state index in [-0.39, 0.29) is 5.56 Å². The number of amides is 1. The first kappa shape index (κ1) is 13.6. The predicted octanol–water partition coefficient (Wildman–Crippen LogP) is 3.23. The average molecular weight is 276 g/mol. The molecule has 1 amide bonds. The maximum Gasteiger partial charge on any atom is 0.255 e. The van der Waals surface area contributed by atoms with Crippen LogP contribution < -0.4 is 5.32 Å². The Bertz CT molecular complexity index is 700. The number of nitrogens with one attached hydrogen (secondary N) is 1. The molecule has 1 N–H and O–H groups in total. The molecule has 0 spiro atoms. The summed E-state index contributed by atoms with van der Waals surface area (Å²) in [5, 5.41) is 11.1. The van der Waals surface area contributed by atoms with Crippen LogP contribution in [0.5, 0.6) is 0 Å². The highest BCUT2D eigenvalue weighted by atomic mass is 19.2. The second-order valence-electron chi connectivity index (χ2n) is 3.90. The van der Waals surface area contributed by atoms with Gasteiger partial charge in [0.15, 0.2) is 17.5 Å². The van der Waals surface area contributed by atoms with Gasteiger partial charge in [0.05, 0.1) is 11.6 Å². The third-order valence-corrected chi connectivity index (χ3v) is 2.50. The van der Waals surface area contributed by atoms with Crippen molar-refractivity contribution in [3.8, 4) is 6.07 Å². The molecule has 0 aliphatic carbocycles. The number of nitriles is 1. The number of hydrogen-bond acceptors (Lipinski definition) is 2. The van der Waals surface area contributed by atoms with Crippen LogP contribution in [0.15, 0.2) is 36.4 Å². The van der Waals surface area contributed by atoms with Crippen molar-refractivity contribution < 1.29 is 18.0 Å². The van der Waals surface area contributed by atoms with Crippen LogP contribution in [0.1, 0.15) is 15.9 Å². The Morgan fingerprint density at radius 1 is 1.10 bits per heavy atom. The largest absolute Gasteiger partial charge is 0.322 e. The van der Waals surface area contributed by atoms with E-state index in [2.05, 4.69) is 5.32 Å². The Morgan fingerprint density at radius 2 is 1.75 bits per heavy atom. The molecular weight excluding hydrogens is 269 g/mol. The van der Waals surface area contributed by atoms with Crippen LogP contribution in [0.25, 0.3) is 0 Å². The van der Waals surface area contributed by atoms with Gasteiger partial charge in [-0.25, -0.2) is 13.2 Å². The highest BCUT2D eigenvalue weighted by molar-refractivity contribution is 6.04. The zero-order chi connectivity index (χ0) is 14.7. The van der Waals surface area contributed by atoms with Crippen molar-refractivity contribution in [3.05, 3.63) is 65.0 Å². The molecule has 2 aromatic carbocycles. The van der Waals surface area contributed by atoms with Gasteiger partial charge in [0.1, 0.15) is 0 Å².